The molecule has 0 aliphatic carbocycles. The zero-order valence-electron chi connectivity index (χ0n) is 12.9. The minimum Gasteiger partial charge on any atom is -0.356 e. The Bertz CT molecular complexity index is 766. The van der Waals surface area contributed by atoms with Gasteiger partial charge in [-0.2, -0.15) is 0 Å². The lowest BCUT2D eigenvalue weighted by Gasteiger charge is -2.20. The molecule has 1 nitrogen and oxygen atoms in total. The molecule has 0 saturated carbocycles. The average Bonchev–Trinajstić information content (AvgIpc) is 2.46. The summed E-state index contributed by atoms with van der Waals surface area (Å²) in [4.78, 5) is 0. The lowest BCUT2D eigenvalue weighted by Crippen LogP contribution is -2.11. The first-order chi connectivity index (χ1) is 10.0. The van der Waals surface area contributed by atoms with E-state index in [0.29, 0.717) is 0 Å². The third-order valence-electron chi connectivity index (χ3n) is 3.77. The van der Waals surface area contributed by atoms with Crippen molar-refractivity contribution in [2.24, 2.45) is 0 Å². The molecule has 0 spiro atoms. The Labute approximate surface area is 126 Å². The van der Waals surface area contributed by atoms with Gasteiger partial charge in [-0.05, 0) is 46.0 Å². The van der Waals surface area contributed by atoms with Crippen LogP contribution in [0.3, 0.4) is 0 Å². The molecule has 3 aromatic carbocycles. The molecule has 1 N–H and O–H groups in total. The Hall–Kier alpha value is -2.28. The van der Waals surface area contributed by atoms with Crippen molar-refractivity contribution in [3.63, 3.8) is 0 Å². The molecule has 0 radical (unpaired) electrons. The summed E-state index contributed by atoms with van der Waals surface area (Å²) in [7, 11) is 0. The van der Waals surface area contributed by atoms with E-state index in [0.717, 1.165) is 11.4 Å². The molecule has 0 bridgehead atoms. The molecule has 0 aliphatic rings. The maximum atomic E-state index is 3.51. The summed E-state index contributed by atoms with van der Waals surface area (Å²) in [5.41, 5.74) is 3.77. The fourth-order valence-corrected chi connectivity index (χ4v) is 2.50. The van der Waals surface area contributed by atoms with Crippen LogP contribution in [0.5, 0.6) is 0 Å². The summed E-state index contributed by atoms with van der Waals surface area (Å²) in [6, 6.07) is 23.6. The minimum atomic E-state index is 0.168. The van der Waals surface area contributed by atoms with Gasteiger partial charge in [0.2, 0.25) is 0 Å². The fraction of sp³-hybridized carbons (Fsp3) is 0.200. The van der Waals surface area contributed by atoms with Crippen LogP contribution in [0.25, 0.3) is 10.8 Å². The molecule has 106 valence electrons. The number of rotatable bonds is 2. The third-order valence-corrected chi connectivity index (χ3v) is 3.77. The van der Waals surface area contributed by atoms with Crippen LogP contribution >= 0.6 is 0 Å². The van der Waals surface area contributed by atoms with Gasteiger partial charge in [0.1, 0.15) is 0 Å². The monoisotopic (exact) mass is 275 g/mol. The number of hydrogen-bond donors (Lipinski definition) is 1. The average molecular weight is 275 g/mol. The van der Waals surface area contributed by atoms with Crippen molar-refractivity contribution >= 4 is 22.1 Å². The van der Waals surface area contributed by atoms with E-state index in [1.165, 1.54) is 16.3 Å². The Morgan fingerprint density at radius 2 is 1.38 bits per heavy atom. The van der Waals surface area contributed by atoms with Crippen molar-refractivity contribution < 1.29 is 0 Å². The van der Waals surface area contributed by atoms with Gasteiger partial charge in [-0.25, -0.2) is 0 Å². The summed E-state index contributed by atoms with van der Waals surface area (Å²) in [5.74, 6) is 0. The van der Waals surface area contributed by atoms with E-state index < -0.39 is 0 Å². The van der Waals surface area contributed by atoms with Gasteiger partial charge in [-0.3, -0.25) is 0 Å². The number of anilines is 2. The van der Waals surface area contributed by atoms with Gasteiger partial charge in [-0.15, -0.1) is 0 Å². The Kier molecular flexibility index (Phi) is 3.42. The van der Waals surface area contributed by atoms with Crippen LogP contribution in [-0.2, 0) is 5.41 Å². The third kappa shape index (κ3) is 3.08. The van der Waals surface area contributed by atoms with Crippen molar-refractivity contribution in [1.82, 2.24) is 0 Å². The molecule has 0 unspecified atom stereocenters. The predicted molar refractivity (Wildman–Crippen MR) is 92.4 cm³/mol. The second-order valence-electron chi connectivity index (χ2n) is 6.52. The highest BCUT2D eigenvalue weighted by atomic mass is 14.9. The molecule has 1 heteroatoms. The van der Waals surface area contributed by atoms with E-state index in [1.54, 1.807) is 0 Å². The smallest absolute Gasteiger partial charge is 0.0390 e. The molecule has 0 amide bonds. The Balaban J connectivity index is 1.91. The molecule has 0 aromatic heterocycles. The van der Waals surface area contributed by atoms with Gasteiger partial charge in [0.25, 0.3) is 0 Å². The summed E-state index contributed by atoms with van der Waals surface area (Å²) in [5, 5.41) is 6.04. The molecule has 21 heavy (non-hydrogen) atoms. The largest absolute Gasteiger partial charge is 0.356 e. The minimum absolute atomic E-state index is 0.168. The van der Waals surface area contributed by atoms with Gasteiger partial charge in [0.05, 0.1) is 0 Å². The van der Waals surface area contributed by atoms with Crippen LogP contribution in [-0.4, -0.2) is 0 Å². The molecule has 3 rings (SSSR count). The van der Waals surface area contributed by atoms with Crippen LogP contribution in [0.2, 0.25) is 0 Å². The fourth-order valence-electron chi connectivity index (χ4n) is 2.50. The first kappa shape index (κ1) is 13.7. The van der Waals surface area contributed by atoms with Gasteiger partial charge in [-0.1, -0.05) is 63.2 Å². The molecule has 0 fully saturated rings. The van der Waals surface area contributed by atoms with E-state index in [2.05, 4.69) is 92.8 Å². The Morgan fingerprint density at radius 3 is 2.14 bits per heavy atom. The van der Waals surface area contributed by atoms with E-state index in [9.17, 15) is 0 Å². The summed E-state index contributed by atoms with van der Waals surface area (Å²) < 4.78 is 0. The number of nitrogens with one attached hydrogen (secondary N) is 1. The molecular weight excluding hydrogens is 254 g/mol. The zero-order chi connectivity index (χ0) is 14.9. The molecule has 0 atom stereocenters. The molecule has 0 saturated heterocycles. The number of fused-ring (bicyclic) bond motifs is 1. The zero-order valence-corrected chi connectivity index (χ0v) is 12.9. The van der Waals surface area contributed by atoms with Crippen molar-refractivity contribution in [1.29, 1.82) is 0 Å². The molecule has 0 aliphatic heterocycles. The number of hydrogen-bond acceptors (Lipinski definition) is 1. The van der Waals surface area contributed by atoms with Crippen molar-refractivity contribution in [3.05, 3.63) is 72.3 Å². The standard InChI is InChI=1S/C20H21N/c1-20(2,3)17-9-6-10-18(14-17)21-19-12-11-15-7-4-5-8-16(15)13-19/h4-14,21H,1-3H3. The normalized spacial score (nSPS) is 11.6. The first-order valence-corrected chi connectivity index (χ1v) is 7.39. The summed E-state index contributed by atoms with van der Waals surface area (Å²) in [6.07, 6.45) is 0. The van der Waals surface area contributed by atoms with Crippen molar-refractivity contribution in [3.8, 4) is 0 Å². The number of benzene rings is 3. The van der Waals surface area contributed by atoms with Crippen LogP contribution in [0.1, 0.15) is 26.3 Å². The molecule has 3 aromatic rings. The van der Waals surface area contributed by atoms with Crippen LogP contribution in [0, 0.1) is 0 Å². The first-order valence-electron chi connectivity index (χ1n) is 7.39. The van der Waals surface area contributed by atoms with Gasteiger partial charge in [0.15, 0.2) is 0 Å². The van der Waals surface area contributed by atoms with Gasteiger partial charge < -0.3 is 5.32 Å². The van der Waals surface area contributed by atoms with Crippen LogP contribution in [0.15, 0.2) is 66.7 Å². The van der Waals surface area contributed by atoms with E-state index in [1.807, 2.05) is 0 Å². The van der Waals surface area contributed by atoms with Crippen LogP contribution < -0.4 is 5.32 Å². The maximum Gasteiger partial charge on any atom is 0.0390 e. The highest BCUT2D eigenvalue weighted by molar-refractivity contribution is 5.86. The predicted octanol–water partition coefficient (Wildman–Crippen LogP) is 5.88. The lowest BCUT2D eigenvalue weighted by molar-refractivity contribution is 0.590. The van der Waals surface area contributed by atoms with Crippen LogP contribution in [0.4, 0.5) is 11.4 Å². The van der Waals surface area contributed by atoms with Crippen molar-refractivity contribution in [2.75, 3.05) is 5.32 Å². The highest BCUT2D eigenvalue weighted by Crippen LogP contribution is 2.27. The van der Waals surface area contributed by atoms with Crippen molar-refractivity contribution in [2.45, 2.75) is 26.2 Å². The van der Waals surface area contributed by atoms with E-state index >= 15 is 0 Å². The maximum absolute atomic E-state index is 3.51. The van der Waals surface area contributed by atoms with Gasteiger partial charge in [0, 0.05) is 11.4 Å². The summed E-state index contributed by atoms with van der Waals surface area (Å²) >= 11 is 0. The van der Waals surface area contributed by atoms with E-state index in [-0.39, 0.29) is 5.41 Å². The molecule has 0 heterocycles. The second kappa shape index (κ2) is 5.25. The quantitative estimate of drug-likeness (QED) is 0.615. The SMILES string of the molecule is CC(C)(C)c1cccc(Nc2ccc3ccccc3c2)c1. The summed E-state index contributed by atoms with van der Waals surface area (Å²) in [6.45, 7) is 6.71. The lowest BCUT2D eigenvalue weighted by atomic mass is 9.87. The topological polar surface area (TPSA) is 12.0 Å². The molecular formula is C20H21N. The van der Waals surface area contributed by atoms with E-state index in [4.69, 9.17) is 0 Å². The van der Waals surface area contributed by atoms with Gasteiger partial charge >= 0.3 is 0 Å². The Morgan fingerprint density at radius 1 is 0.667 bits per heavy atom. The second-order valence-corrected chi connectivity index (χ2v) is 6.52. The highest BCUT2D eigenvalue weighted by Gasteiger charge is 2.13.